The summed E-state index contributed by atoms with van der Waals surface area (Å²) < 4.78 is 53.3. The van der Waals surface area contributed by atoms with Crippen LogP contribution < -0.4 is 14.3 Å². The highest BCUT2D eigenvalue weighted by Crippen LogP contribution is 2.28. The van der Waals surface area contributed by atoms with E-state index in [4.69, 9.17) is 11.6 Å². The van der Waals surface area contributed by atoms with Gasteiger partial charge >= 0.3 is 0 Å². The van der Waals surface area contributed by atoms with Crippen molar-refractivity contribution in [3.05, 3.63) is 71.5 Å². The summed E-state index contributed by atoms with van der Waals surface area (Å²) in [6.45, 7) is 3.15. The van der Waals surface area contributed by atoms with Crippen molar-refractivity contribution in [1.29, 1.82) is 0 Å². The molecule has 0 unspecified atom stereocenters. The summed E-state index contributed by atoms with van der Waals surface area (Å²) in [4.78, 5) is 20.5. The number of hydrogen-bond acceptors (Lipinski definition) is 7. The number of halogens is 1. The molecule has 10 nitrogen and oxygen atoms in total. The number of benzene rings is 2. The van der Waals surface area contributed by atoms with Gasteiger partial charge in [-0.25, -0.2) is 31.5 Å². The minimum absolute atomic E-state index is 0.0710. The van der Waals surface area contributed by atoms with Gasteiger partial charge in [0.1, 0.15) is 6.04 Å². The van der Waals surface area contributed by atoms with Crippen LogP contribution in [0.4, 0.5) is 17.3 Å². The quantitative estimate of drug-likeness (QED) is 0.462. The Kier molecular flexibility index (Phi) is 7.44. The summed E-state index contributed by atoms with van der Waals surface area (Å²) in [5.74, 6) is -0.693. The summed E-state index contributed by atoms with van der Waals surface area (Å²) >= 11 is 6.04. The third-order valence-electron chi connectivity index (χ3n) is 4.72. The monoisotopic (exact) mass is 523 g/mol. The highest BCUT2D eigenvalue weighted by atomic mass is 35.5. The van der Waals surface area contributed by atoms with Crippen molar-refractivity contribution in [2.45, 2.75) is 24.8 Å². The fourth-order valence-electron chi connectivity index (χ4n) is 3.10. The van der Waals surface area contributed by atoms with Crippen LogP contribution in [0.15, 0.2) is 65.8 Å². The molecule has 0 saturated carbocycles. The van der Waals surface area contributed by atoms with E-state index in [0.717, 1.165) is 10.6 Å². The van der Waals surface area contributed by atoms with Crippen molar-refractivity contribution < 1.29 is 21.6 Å². The zero-order valence-corrected chi connectivity index (χ0v) is 20.8. The Balaban J connectivity index is 1.79. The molecule has 0 spiro atoms. The second-order valence-corrected chi connectivity index (χ2v) is 11.3. The number of anilines is 3. The minimum atomic E-state index is -3.94. The second kappa shape index (κ2) is 9.95. The van der Waals surface area contributed by atoms with Gasteiger partial charge < -0.3 is 5.32 Å². The molecule has 0 aliphatic carbocycles. The van der Waals surface area contributed by atoms with Gasteiger partial charge in [0.2, 0.25) is 21.9 Å². The van der Waals surface area contributed by atoms with E-state index in [-0.39, 0.29) is 22.2 Å². The van der Waals surface area contributed by atoms with Crippen LogP contribution in [0.5, 0.6) is 0 Å². The molecular formula is C21H22ClN5O5S2. The van der Waals surface area contributed by atoms with Crippen LogP contribution in [0.3, 0.4) is 0 Å². The Morgan fingerprint density at radius 1 is 1.03 bits per heavy atom. The molecule has 180 valence electrons. The molecule has 2 aromatic carbocycles. The Bertz CT molecular complexity index is 1400. The maximum atomic E-state index is 12.9. The number of carbonyl (C=O) groups excluding carboxylic acids is 1. The molecule has 1 heterocycles. The van der Waals surface area contributed by atoms with Gasteiger partial charge in [-0.1, -0.05) is 17.7 Å². The van der Waals surface area contributed by atoms with E-state index in [0.29, 0.717) is 10.6 Å². The number of aryl methyl sites for hydroxylation is 1. The van der Waals surface area contributed by atoms with E-state index >= 15 is 0 Å². The third-order valence-corrected chi connectivity index (χ3v) is 7.53. The molecule has 0 saturated heterocycles. The lowest BCUT2D eigenvalue weighted by molar-refractivity contribution is -0.116. The van der Waals surface area contributed by atoms with Crippen molar-refractivity contribution in [3.8, 4) is 0 Å². The van der Waals surface area contributed by atoms with E-state index in [1.54, 1.807) is 25.1 Å². The zero-order valence-electron chi connectivity index (χ0n) is 18.4. The molecule has 3 rings (SSSR count). The third kappa shape index (κ3) is 6.01. The van der Waals surface area contributed by atoms with E-state index in [1.807, 2.05) is 0 Å². The fraction of sp³-hybridized carbons (Fsp3) is 0.190. The Hall–Kier alpha value is -3.22. The topological polar surface area (TPSA) is 138 Å². The largest absolute Gasteiger partial charge is 0.324 e. The first-order valence-electron chi connectivity index (χ1n) is 9.85. The van der Waals surface area contributed by atoms with Crippen molar-refractivity contribution in [2.24, 2.45) is 0 Å². The molecule has 0 bridgehead atoms. The maximum Gasteiger partial charge on any atom is 0.264 e. The molecule has 13 heteroatoms. The van der Waals surface area contributed by atoms with Gasteiger partial charge in [0.25, 0.3) is 10.0 Å². The summed E-state index contributed by atoms with van der Waals surface area (Å²) in [7, 11) is -7.78. The molecule has 1 aromatic heterocycles. The summed E-state index contributed by atoms with van der Waals surface area (Å²) in [5, 5.41) is 2.94. The van der Waals surface area contributed by atoms with Gasteiger partial charge in [-0.2, -0.15) is 0 Å². The highest BCUT2D eigenvalue weighted by molar-refractivity contribution is 7.92. The number of rotatable bonds is 8. The highest BCUT2D eigenvalue weighted by Gasteiger charge is 2.30. The van der Waals surface area contributed by atoms with Gasteiger partial charge in [-0.3, -0.25) is 9.10 Å². The smallest absolute Gasteiger partial charge is 0.264 e. The van der Waals surface area contributed by atoms with Crippen LogP contribution in [-0.4, -0.2) is 45.0 Å². The van der Waals surface area contributed by atoms with E-state index in [1.165, 1.54) is 49.6 Å². The summed E-state index contributed by atoms with van der Waals surface area (Å²) in [5.41, 5.74) is 1.19. The van der Waals surface area contributed by atoms with Crippen LogP contribution in [-0.2, 0) is 24.8 Å². The Labute approximate surface area is 203 Å². The van der Waals surface area contributed by atoms with Crippen LogP contribution in [0, 0.1) is 6.92 Å². The van der Waals surface area contributed by atoms with Crippen molar-refractivity contribution in [1.82, 2.24) is 9.97 Å². The van der Waals surface area contributed by atoms with Gasteiger partial charge in [0.05, 0.1) is 16.8 Å². The summed E-state index contributed by atoms with van der Waals surface area (Å²) in [6.07, 6.45) is 3.80. The van der Waals surface area contributed by atoms with E-state index in [9.17, 15) is 21.6 Å². The SMILES string of the molecule is Cc1ccc(Cl)cc1N([C@H](C)C(=O)Nc1ccc(S(=O)(=O)Nc2ncccn2)cc1)S(C)(=O)=O. The first kappa shape index (κ1) is 25.4. The van der Waals surface area contributed by atoms with Gasteiger partial charge in [-0.05, 0) is 61.9 Å². The number of nitrogens with zero attached hydrogens (tertiary/aromatic N) is 3. The van der Waals surface area contributed by atoms with Crippen molar-refractivity contribution in [3.63, 3.8) is 0 Å². The number of carbonyl (C=O) groups is 1. The molecule has 1 amide bonds. The molecule has 0 radical (unpaired) electrons. The Morgan fingerprint density at radius 3 is 2.24 bits per heavy atom. The number of nitrogens with one attached hydrogen (secondary N) is 2. The zero-order chi connectivity index (χ0) is 25.1. The lowest BCUT2D eigenvalue weighted by Gasteiger charge is -2.29. The molecule has 0 fully saturated rings. The number of sulfonamides is 2. The maximum absolute atomic E-state index is 12.9. The number of aromatic nitrogens is 2. The molecule has 34 heavy (non-hydrogen) atoms. The van der Waals surface area contributed by atoms with E-state index < -0.39 is 32.0 Å². The first-order chi connectivity index (χ1) is 15.9. The van der Waals surface area contributed by atoms with Crippen LogP contribution in [0.1, 0.15) is 12.5 Å². The number of amides is 1. The van der Waals surface area contributed by atoms with Crippen molar-refractivity contribution in [2.75, 3.05) is 20.6 Å². The first-order valence-corrected chi connectivity index (χ1v) is 13.6. The molecule has 2 N–H and O–H groups in total. The number of hydrogen-bond donors (Lipinski definition) is 2. The van der Waals surface area contributed by atoms with Crippen LogP contribution in [0.2, 0.25) is 5.02 Å². The van der Waals surface area contributed by atoms with Gasteiger partial charge in [-0.15, -0.1) is 0 Å². The lowest BCUT2D eigenvalue weighted by atomic mass is 10.1. The summed E-state index contributed by atoms with van der Waals surface area (Å²) in [6, 6.07) is 10.6. The molecular weight excluding hydrogens is 502 g/mol. The van der Waals surface area contributed by atoms with Crippen molar-refractivity contribution >= 4 is 54.9 Å². The van der Waals surface area contributed by atoms with Crippen LogP contribution in [0.25, 0.3) is 0 Å². The lowest BCUT2D eigenvalue weighted by Crippen LogP contribution is -2.45. The minimum Gasteiger partial charge on any atom is -0.324 e. The van der Waals surface area contributed by atoms with Crippen LogP contribution >= 0.6 is 11.6 Å². The second-order valence-electron chi connectivity index (χ2n) is 7.36. The molecule has 0 aliphatic heterocycles. The standard InChI is InChI=1S/C21H22ClN5O5S2/c1-14-5-6-16(22)13-19(14)27(33(3,29)30)15(2)20(28)25-17-7-9-18(10-8-17)34(31,32)26-21-23-11-4-12-24-21/h4-13,15H,1-3H3,(H,25,28)(H,23,24,26)/t15-/m1/s1. The van der Waals surface area contributed by atoms with Gasteiger partial charge in [0.15, 0.2) is 0 Å². The molecule has 0 aliphatic rings. The Morgan fingerprint density at radius 2 is 1.65 bits per heavy atom. The van der Waals surface area contributed by atoms with Gasteiger partial charge in [0, 0.05) is 23.1 Å². The average Bonchev–Trinajstić information content (AvgIpc) is 2.76. The fourth-order valence-corrected chi connectivity index (χ4v) is 5.44. The normalized spacial score (nSPS) is 12.6. The predicted molar refractivity (Wildman–Crippen MR) is 131 cm³/mol. The predicted octanol–water partition coefficient (Wildman–Crippen LogP) is 3.03. The molecule has 1 atom stereocenters. The van der Waals surface area contributed by atoms with E-state index in [2.05, 4.69) is 20.0 Å². The molecule has 3 aromatic rings. The average molecular weight is 524 g/mol.